The van der Waals surface area contributed by atoms with Crippen molar-refractivity contribution in [3.8, 4) is 5.69 Å². The molecule has 1 heterocycles. The molecule has 0 aliphatic carbocycles. The van der Waals surface area contributed by atoms with Crippen LogP contribution < -0.4 is 10.9 Å². The highest BCUT2D eigenvalue weighted by Gasteiger charge is 2.21. The fourth-order valence-electron chi connectivity index (χ4n) is 2.35. The van der Waals surface area contributed by atoms with E-state index in [0.29, 0.717) is 18.2 Å². The van der Waals surface area contributed by atoms with Crippen LogP contribution in [-0.2, 0) is 16.6 Å². The second-order valence-electron chi connectivity index (χ2n) is 6.30. The predicted octanol–water partition coefficient (Wildman–Crippen LogP) is 2.48. The fourth-order valence-corrected chi connectivity index (χ4v) is 2.35. The molecule has 130 valence electrons. The summed E-state index contributed by atoms with van der Waals surface area (Å²) >= 11 is 0. The number of aromatic nitrogens is 2. The van der Waals surface area contributed by atoms with Crippen molar-refractivity contribution in [3.05, 3.63) is 46.4 Å². The zero-order chi connectivity index (χ0) is 17.9. The molecule has 0 spiro atoms. The highest BCUT2D eigenvalue weighted by molar-refractivity contribution is 5.94. The first-order valence-corrected chi connectivity index (χ1v) is 8.09. The van der Waals surface area contributed by atoms with Crippen LogP contribution in [0.1, 0.15) is 26.5 Å². The number of nitrogens with zero attached hydrogens (tertiary/aromatic N) is 2. The predicted molar refractivity (Wildman–Crippen MR) is 94.6 cm³/mol. The van der Waals surface area contributed by atoms with Gasteiger partial charge >= 0.3 is 0 Å². The second kappa shape index (κ2) is 7.49. The summed E-state index contributed by atoms with van der Waals surface area (Å²) in [6.45, 7) is 8.02. The minimum absolute atomic E-state index is 0.259. The summed E-state index contributed by atoms with van der Waals surface area (Å²) < 4.78 is 8.77. The number of benzene rings is 1. The first-order valence-electron chi connectivity index (χ1n) is 8.09. The van der Waals surface area contributed by atoms with Crippen LogP contribution in [0.4, 0.5) is 5.69 Å². The molecule has 0 saturated heterocycles. The SMILES string of the molecule is Cc1c(NC(=O)[C@H](C)OCC(C)C)c(=O)n(-c2ccccc2)n1C. The quantitative estimate of drug-likeness (QED) is 0.884. The smallest absolute Gasteiger partial charge is 0.295 e. The van der Waals surface area contributed by atoms with E-state index >= 15 is 0 Å². The Hall–Kier alpha value is -2.34. The van der Waals surface area contributed by atoms with Gasteiger partial charge in [0.2, 0.25) is 0 Å². The standard InChI is InChI=1S/C18H25N3O3/c1-12(2)11-24-14(4)17(22)19-16-13(3)20(5)21(18(16)23)15-9-7-6-8-10-15/h6-10,12,14H,11H2,1-5H3,(H,19,22)/t14-/m0/s1. The van der Waals surface area contributed by atoms with Crippen molar-refractivity contribution < 1.29 is 9.53 Å². The highest BCUT2D eigenvalue weighted by atomic mass is 16.5. The lowest BCUT2D eigenvalue weighted by Gasteiger charge is -2.14. The van der Waals surface area contributed by atoms with E-state index in [1.807, 2.05) is 44.2 Å². The average Bonchev–Trinajstić information content (AvgIpc) is 2.76. The van der Waals surface area contributed by atoms with E-state index < -0.39 is 6.10 Å². The van der Waals surface area contributed by atoms with Crippen LogP contribution in [0, 0.1) is 12.8 Å². The van der Waals surface area contributed by atoms with Gasteiger partial charge in [-0.1, -0.05) is 32.0 Å². The van der Waals surface area contributed by atoms with Gasteiger partial charge in [0.05, 0.1) is 11.4 Å². The molecule has 1 N–H and O–H groups in total. The van der Waals surface area contributed by atoms with Gasteiger partial charge in [-0.2, -0.15) is 0 Å². The molecule has 1 atom stereocenters. The van der Waals surface area contributed by atoms with Gasteiger partial charge in [-0.15, -0.1) is 0 Å². The van der Waals surface area contributed by atoms with Crippen LogP contribution in [-0.4, -0.2) is 28.0 Å². The first kappa shape index (κ1) is 18.0. The lowest BCUT2D eigenvalue weighted by molar-refractivity contribution is -0.126. The number of carbonyl (C=O) groups is 1. The number of nitrogens with one attached hydrogen (secondary N) is 1. The van der Waals surface area contributed by atoms with Crippen LogP contribution in [0.15, 0.2) is 35.1 Å². The maximum atomic E-state index is 12.7. The van der Waals surface area contributed by atoms with E-state index in [2.05, 4.69) is 5.32 Å². The maximum Gasteiger partial charge on any atom is 0.295 e. The Balaban J connectivity index is 2.26. The number of ether oxygens (including phenoxy) is 1. The normalized spacial score (nSPS) is 12.4. The third-order valence-corrected chi connectivity index (χ3v) is 3.85. The number of rotatable bonds is 6. The molecule has 1 aromatic carbocycles. The third kappa shape index (κ3) is 3.76. The summed E-state index contributed by atoms with van der Waals surface area (Å²) in [5, 5.41) is 2.71. The Kier molecular flexibility index (Phi) is 5.62. The molecule has 0 radical (unpaired) electrons. The molecule has 6 heteroatoms. The molecule has 0 bridgehead atoms. The second-order valence-corrected chi connectivity index (χ2v) is 6.30. The largest absolute Gasteiger partial charge is 0.368 e. The molecule has 1 amide bonds. The lowest BCUT2D eigenvalue weighted by Crippen LogP contribution is -2.31. The lowest BCUT2D eigenvalue weighted by atomic mass is 10.2. The summed E-state index contributed by atoms with van der Waals surface area (Å²) in [6.07, 6.45) is -0.614. The van der Waals surface area contributed by atoms with E-state index in [1.165, 1.54) is 4.68 Å². The van der Waals surface area contributed by atoms with E-state index in [0.717, 1.165) is 5.69 Å². The van der Waals surface area contributed by atoms with Crippen molar-refractivity contribution in [1.29, 1.82) is 0 Å². The number of hydrogen-bond donors (Lipinski definition) is 1. The Labute approximate surface area is 142 Å². The van der Waals surface area contributed by atoms with Crippen molar-refractivity contribution >= 4 is 11.6 Å². The Morgan fingerprint density at radius 3 is 2.42 bits per heavy atom. The van der Waals surface area contributed by atoms with Crippen molar-refractivity contribution in [1.82, 2.24) is 9.36 Å². The van der Waals surface area contributed by atoms with Crippen LogP contribution >= 0.6 is 0 Å². The summed E-state index contributed by atoms with van der Waals surface area (Å²) in [6, 6.07) is 9.32. The van der Waals surface area contributed by atoms with Gasteiger partial charge in [0.25, 0.3) is 11.5 Å². The zero-order valence-electron chi connectivity index (χ0n) is 14.9. The molecule has 0 fully saturated rings. The van der Waals surface area contributed by atoms with Gasteiger partial charge in [-0.25, -0.2) is 4.68 Å². The molecule has 0 aliphatic rings. The van der Waals surface area contributed by atoms with Gasteiger partial charge in [0.15, 0.2) is 0 Å². The number of para-hydroxylation sites is 1. The molecule has 2 aromatic rings. The topological polar surface area (TPSA) is 65.3 Å². The molecule has 2 rings (SSSR count). The van der Waals surface area contributed by atoms with Gasteiger partial charge < -0.3 is 10.1 Å². The van der Waals surface area contributed by atoms with E-state index in [1.54, 1.807) is 25.6 Å². The van der Waals surface area contributed by atoms with Crippen LogP contribution in [0.2, 0.25) is 0 Å². The molecule has 0 aliphatic heterocycles. The Morgan fingerprint density at radius 1 is 1.21 bits per heavy atom. The maximum absolute atomic E-state index is 12.7. The minimum atomic E-state index is -0.614. The fraction of sp³-hybridized carbons (Fsp3) is 0.444. The van der Waals surface area contributed by atoms with Crippen LogP contribution in [0.25, 0.3) is 5.69 Å². The van der Waals surface area contributed by atoms with E-state index in [4.69, 9.17) is 4.74 Å². The number of hydrogen-bond acceptors (Lipinski definition) is 3. The minimum Gasteiger partial charge on any atom is -0.368 e. The van der Waals surface area contributed by atoms with Crippen LogP contribution in [0.3, 0.4) is 0 Å². The molecule has 24 heavy (non-hydrogen) atoms. The van der Waals surface area contributed by atoms with E-state index in [-0.39, 0.29) is 17.2 Å². The van der Waals surface area contributed by atoms with Crippen LogP contribution in [0.5, 0.6) is 0 Å². The Bertz CT molecular complexity index is 760. The Morgan fingerprint density at radius 2 is 1.83 bits per heavy atom. The van der Waals surface area contributed by atoms with Gasteiger partial charge in [0, 0.05) is 13.7 Å². The van der Waals surface area contributed by atoms with Gasteiger partial charge in [-0.3, -0.25) is 14.3 Å². The summed E-state index contributed by atoms with van der Waals surface area (Å²) in [4.78, 5) is 25.0. The zero-order valence-corrected chi connectivity index (χ0v) is 14.9. The van der Waals surface area contributed by atoms with Crippen molar-refractivity contribution in [2.45, 2.75) is 33.8 Å². The third-order valence-electron chi connectivity index (χ3n) is 3.85. The number of anilines is 1. The summed E-state index contributed by atoms with van der Waals surface area (Å²) in [5.41, 5.74) is 1.46. The summed E-state index contributed by atoms with van der Waals surface area (Å²) in [5.74, 6) is 0.0238. The monoisotopic (exact) mass is 331 g/mol. The van der Waals surface area contributed by atoms with Crippen molar-refractivity contribution in [3.63, 3.8) is 0 Å². The molecule has 0 saturated carbocycles. The first-order chi connectivity index (χ1) is 11.3. The van der Waals surface area contributed by atoms with E-state index in [9.17, 15) is 9.59 Å². The molecule has 0 unspecified atom stereocenters. The van der Waals surface area contributed by atoms with Crippen molar-refractivity contribution in [2.24, 2.45) is 13.0 Å². The average molecular weight is 331 g/mol. The number of amides is 1. The van der Waals surface area contributed by atoms with Gasteiger partial charge in [-0.05, 0) is 31.9 Å². The summed E-state index contributed by atoms with van der Waals surface area (Å²) in [7, 11) is 1.79. The molecule has 1 aromatic heterocycles. The molecule has 6 nitrogen and oxygen atoms in total. The highest BCUT2D eigenvalue weighted by Crippen LogP contribution is 2.14. The molecular formula is C18H25N3O3. The number of carbonyl (C=O) groups excluding carboxylic acids is 1. The van der Waals surface area contributed by atoms with Gasteiger partial charge in [0.1, 0.15) is 11.8 Å². The molecular weight excluding hydrogens is 306 g/mol. The van der Waals surface area contributed by atoms with Crippen molar-refractivity contribution in [2.75, 3.05) is 11.9 Å².